The van der Waals surface area contributed by atoms with E-state index in [9.17, 15) is 5.11 Å². The van der Waals surface area contributed by atoms with E-state index in [0.717, 1.165) is 0 Å². The Hall–Kier alpha value is -0.120. The van der Waals surface area contributed by atoms with Gasteiger partial charge < -0.3 is 14.6 Å². The zero-order valence-corrected chi connectivity index (χ0v) is 7.31. The molecule has 0 spiro atoms. The minimum atomic E-state index is -0.383. The molecule has 3 nitrogen and oxygen atoms in total. The molecule has 7 atom stereocenters. The van der Waals surface area contributed by atoms with Gasteiger partial charge in [0.2, 0.25) is 0 Å². The smallest absolute Gasteiger partial charge is 0.113 e. The predicted molar refractivity (Wildman–Crippen MR) is 41.7 cm³/mol. The number of rotatable bonds is 0. The second-order valence-corrected chi connectivity index (χ2v) is 4.34. The van der Waals surface area contributed by atoms with Gasteiger partial charge in [-0.1, -0.05) is 13.8 Å². The summed E-state index contributed by atoms with van der Waals surface area (Å²) in [7, 11) is 0. The highest BCUT2D eigenvalue weighted by molar-refractivity contribution is 5.09. The molecule has 3 heteroatoms. The fraction of sp³-hybridized carbons (Fsp3) is 1.00. The molecule has 68 valence electrons. The Kier molecular flexibility index (Phi) is 1.23. The minimum absolute atomic E-state index is 0.0359. The Morgan fingerprint density at radius 3 is 2.08 bits per heavy atom. The number of ether oxygens (including phenoxy) is 2. The van der Waals surface area contributed by atoms with Crippen molar-refractivity contribution in [3.8, 4) is 0 Å². The van der Waals surface area contributed by atoms with Crippen molar-refractivity contribution in [3.63, 3.8) is 0 Å². The molecule has 0 aromatic heterocycles. The number of hydrogen-bond acceptors (Lipinski definition) is 3. The van der Waals surface area contributed by atoms with E-state index in [-0.39, 0.29) is 24.4 Å². The standard InChI is InChI=1S/C9H14O3/c1-3-6-4(2)8-9(11-6)5(10)7(3)12-8/h3-10H,1-2H3/t3?,4?,5-,6?,7-,8+,9?/m0/s1. The SMILES string of the molecule is CC1C2OC3[C@@H]1O[C@@H](C2C)[C@@H]3O. The van der Waals surface area contributed by atoms with Gasteiger partial charge in [0.15, 0.2) is 0 Å². The van der Waals surface area contributed by atoms with E-state index in [1.807, 2.05) is 0 Å². The van der Waals surface area contributed by atoms with E-state index in [1.165, 1.54) is 0 Å². The maximum absolute atomic E-state index is 9.74. The van der Waals surface area contributed by atoms with Crippen LogP contribution in [0.5, 0.6) is 0 Å². The molecule has 4 heterocycles. The van der Waals surface area contributed by atoms with Crippen LogP contribution in [0.25, 0.3) is 0 Å². The topological polar surface area (TPSA) is 38.7 Å². The molecule has 4 bridgehead atoms. The summed E-state index contributed by atoms with van der Waals surface area (Å²) in [4.78, 5) is 0. The number of hydrogen-bond donors (Lipinski definition) is 1. The molecule has 0 radical (unpaired) electrons. The van der Waals surface area contributed by atoms with Gasteiger partial charge in [0.05, 0.1) is 18.3 Å². The maximum Gasteiger partial charge on any atom is 0.113 e. The average molecular weight is 170 g/mol. The highest BCUT2D eigenvalue weighted by Crippen LogP contribution is 2.49. The monoisotopic (exact) mass is 170 g/mol. The van der Waals surface area contributed by atoms with Crippen LogP contribution in [0.15, 0.2) is 0 Å². The minimum Gasteiger partial charge on any atom is -0.388 e. The molecule has 12 heavy (non-hydrogen) atoms. The van der Waals surface area contributed by atoms with E-state index in [1.54, 1.807) is 0 Å². The molecule has 0 aromatic rings. The molecule has 4 fully saturated rings. The summed E-state index contributed by atoms with van der Waals surface area (Å²) in [5.41, 5.74) is 0. The summed E-state index contributed by atoms with van der Waals surface area (Å²) in [6, 6.07) is 0. The van der Waals surface area contributed by atoms with Gasteiger partial charge in [0.25, 0.3) is 0 Å². The molecule has 0 amide bonds. The van der Waals surface area contributed by atoms with Crippen molar-refractivity contribution in [1.29, 1.82) is 0 Å². The number of aliphatic hydroxyl groups excluding tert-OH is 1. The second kappa shape index (κ2) is 2.03. The number of aliphatic hydroxyl groups is 1. The van der Waals surface area contributed by atoms with Crippen molar-refractivity contribution in [2.75, 3.05) is 0 Å². The van der Waals surface area contributed by atoms with Gasteiger partial charge in [-0.2, -0.15) is 0 Å². The zero-order valence-electron chi connectivity index (χ0n) is 7.31. The lowest BCUT2D eigenvalue weighted by Crippen LogP contribution is -2.47. The van der Waals surface area contributed by atoms with Gasteiger partial charge in [0.1, 0.15) is 12.2 Å². The highest BCUT2D eigenvalue weighted by atomic mass is 16.6. The first-order chi connectivity index (χ1) is 5.70. The third-order valence-electron chi connectivity index (χ3n) is 3.70. The van der Waals surface area contributed by atoms with Gasteiger partial charge in [-0.25, -0.2) is 0 Å². The first-order valence-corrected chi connectivity index (χ1v) is 4.69. The van der Waals surface area contributed by atoms with Crippen LogP contribution in [0.3, 0.4) is 0 Å². The Labute approximate surface area is 71.7 Å². The summed E-state index contributed by atoms with van der Waals surface area (Å²) in [6.07, 6.45) is 0.0979. The molecule has 4 unspecified atom stereocenters. The molecule has 4 rings (SSSR count). The predicted octanol–water partition coefficient (Wildman–Crippen LogP) is 0.168. The average Bonchev–Trinajstić information content (AvgIpc) is 2.43. The Morgan fingerprint density at radius 1 is 0.833 bits per heavy atom. The summed E-state index contributed by atoms with van der Waals surface area (Å²) in [5.74, 6) is 0.809. The normalized spacial score (nSPS) is 67.8. The van der Waals surface area contributed by atoms with Gasteiger partial charge in [-0.3, -0.25) is 0 Å². The van der Waals surface area contributed by atoms with Gasteiger partial charge >= 0.3 is 0 Å². The lowest BCUT2D eigenvalue weighted by Gasteiger charge is -2.37. The molecule has 0 aliphatic carbocycles. The fourth-order valence-electron chi connectivity index (χ4n) is 3.02. The molecule has 4 saturated heterocycles. The van der Waals surface area contributed by atoms with Crippen LogP contribution >= 0.6 is 0 Å². The fourth-order valence-corrected chi connectivity index (χ4v) is 3.02. The molecule has 1 N–H and O–H groups in total. The summed E-state index contributed by atoms with van der Waals surface area (Å²) < 4.78 is 11.4. The molecule has 4 aliphatic rings. The largest absolute Gasteiger partial charge is 0.388 e. The highest BCUT2D eigenvalue weighted by Gasteiger charge is 2.63. The molecular weight excluding hydrogens is 156 g/mol. The van der Waals surface area contributed by atoms with Gasteiger partial charge in [-0.15, -0.1) is 0 Å². The zero-order chi connectivity index (χ0) is 8.46. The molecular formula is C9H14O3. The second-order valence-electron chi connectivity index (χ2n) is 4.34. The lowest BCUT2D eigenvalue weighted by molar-refractivity contribution is -0.149. The van der Waals surface area contributed by atoms with Crippen molar-refractivity contribution < 1.29 is 14.6 Å². The van der Waals surface area contributed by atoms with E-state index < -0.39 is 0 Å². The van der Waals surface area contributed by atoms with Crippen LogP contribution in [0.1, 0.15) is 13.8 Å². The van der Waals surface area contributed by atoms with E-state index >= 15 is 0 Å². The van der Waals surface area contributed by atoms with Crippen LogP contribution in [0.4, 0.5) is 0 Å². The Balaban J connectivity index is 2.01. The van der Waals surface area contributed by atoms with Crippen LogP contribution < -0.4 is 0 Å². The van der Waals surface area contributed by atoms with E-state index in [0.29, 0.717) is 17.9 Å². The Morgan fingerprint density at radius 2 is 1.42 bits per heavy atom. The summed E-state index contributed by atoms with van der Waals surface area (Å²) in [5, 5.41) is 9.74. The van der Waals surface area contributed by atoms with E-state index in [4.69, 9.17) is 9.47 Å². The quantitative estimate of drug-likeness (QED) is 0.563. The van der Waals surface area contributed by atoms with Crippen molar-refractivity contribution in [1.82, 2.24) is 0 Å². The van der Waals surface area contributed by atoms with Crippen LogP contribution in [-0.4, -0.2) is 35.6 Å². The van der Waals surface area contributed by atoms with Crippen LogP contribution in [-0.2, 0) is 9.47 Å². The van der Waals surface area contributed by atoms with E-state index in [2.05, 4.69) is 13.8 Å². The maximum atomic E-state index is 9.74. The first kappa shape index (κ1) is 7.30. The van der Waals surface area contributed by atoms with Gasteiger partial charge in [0, 0.05) is 11.8 Å². The van der Waals surface area contributed by atoms with Crippen LogP contribution in [0.2, 0.25) is 0 Å². The van der Waals surface area contributed by atoms with Gasteiger partial charge in [-0.05, 0) is 0 Å². The third kappa shape index (κ3) is 0.605. The van der Waals surface area contributed by atoms with Crippen molar-refractivity contribution in [2.24, 2.45) is 11.8 Å². The first-order valence-electron chi connectivity index (χ1n) is 4.69. The third-order valence-corrected chi connectivity index (χ3v) is 3.70. The lowest BCUT2D eigenvalue weighted by atomic mass is 9.87. The molecule has 4 aliphatic heterocycles. The molecule has 0 aromatic carbocycles. The van der Waals surface area contributed by atoms with Crippen molar-refractivity contribution >= 4 is 0 Å². The molecule has 0 saturated carbocycles. The summed E-state index contributed by atoms with van der Waals surface area (Å²) in [6.45, 7) is 4.26. The Bertz CT molecular complexity index is 188. The van der Waals surface area contributed by atoms with Crippen LogP contribution in [0, 0.1) is 11.8 Å². The summed E-state index contributed by atoms with van der Waals surface area (Å²) >= 11 is 0. The van der Waals surface area contributed by atoms with Crippen molar-refractivity contribution in [3.05, 3.63) is 0 Å². The van der Waals surface area contributed by atoms with Crippen molar-refractivity contribution in [2.45, 2.75) is 44.4 Å².